The summed E-state index contributed by atoms with van der Waals surface area (Å²) >= 11 is 0. The Balaban J connectivity index is 1.30. The molecule has 0 N–H and O–H groups in total. The van der Waals surface area contributed by atoms with Crippen molar-refractivity contribution in [3.8, 4) is 0 Å². The summed E-state index contributed by atoms with van der Waals surface area (Å²) in [4.78, 5) is 97.5. The summed E-state index contributed by atoms with van der Waals surface area (Å²) in [5, 5.41) is 13.3. The molecule has 15 nitrogen and oxygen atoms in total. The molecule has 6 amide bonds. The molecule has 0 aromatic heterocycles. The van der Waals surface area contributed by atoms with E-state index in [0.29, 0.717) is 0 Å². The van der Waals surface area contributed by atoms with E-state index >= 15 is 0 Å². The minimum Gasteiger partial charge on any atom is -0.353 e. The molecule has 0 fully saturated rings. The monoisotopic (exact) mass is 862 g/mol. The Morgan fingerprint density at radius 1 is 0.359 bits per heavy atom. The molecule has 0 bridgehead atoms. The van der Waals surface area contributed by atoms with Crippen LogP contribution in [0.4, 0.5) is 0 Å². The Hall–Kier alpha value is -7.98. The van der Waals surface area contributed by atoms with Crippen LogP contribution >= 0.6 is 0 Å². The van der Waals surface area contributed by atoms with Gasteiger partial charge in [0, 0.05) is 38.3 Å². The highest BCUT2D eigenvalue weighted by Crippen LogP contribution is 2.19. The van der Waals surface area contributed by atoms with Gasteiger partial charge in [0.15, 0.2) is 0 Å². The van der Waals surface area contributed by atoms with Crippen molar-refractivity contribution in [3.05, 3.63) is 225 Å². The van der Waals surface area contributed by atoms with E-state index in [0.717, 1.165) is 14.7 Å². The van der Waals surface area contributed by atoms with Crippen LogP contribution in [0.25, 0.3) is 0 Å². The van der Waals surface area contributed by atoms with E-state index in [4.69, 9.17) is 14.2 Å². The first-order valence-electron chi connectivity index (χ1n) is 19.9. The summed E-state index contributed by atoms with van der Waals surface area (Å²) < 4.78 is 17.6. The second-order valence-electron chi connectivity index (χ2n) is 14.2. The Morgan fingerprint density at radius 2 is 0.531 bits per heavy atom. The van der Waals surface area contributed by atoms with Crippen molar-refractivity contribution >= 4 is 35.4 Å². The molecule has 64 heavy (non-hydrogen) atoms. The smallest absolute Gasteiger partial charge is 0.290 e. The normalized spacial score (nSPS) is 10.9. The molecule has 6 aromatic rings. The highest BCUT2D eigenvalue weighted by molar-refractivity contribution is 6.11. The van der Waals surface area contributed by atoms with Crippen LogP contribution in [0.5, 0.6) is 0 Å². The molecule has 15 heteroatoms. The second-order valence-corrected chi connectivity index (χ2v) is 14.2. The van der Waals surface area contributed by atoms with Crippen molar-refractivity contribution in [2.45, 2.75) is 5.54 Å². The molecule has 0 aliphatic heterocycles. The maximum Gasteiger partial charge on any atom is 0.290 e. The number of hydrogen-bond donors (Lipinski definition) is 0. The number of nitrogens with zero attached hydrogens (tertiary/aromatic N) is 4. The van der Waals surface area contributed by atoms with Crippen LogP contribution in [-0.4, -0.2) is 101 Å². The fourth-order valence-electron chi connectivity index (χ4n) is 6.31. The van der Waals surface area contributed by atoms with Crippen LogP contribution in [0.2, 0.25) is 0 Å². The van der Waals surface area contributed by atoms with E-state index in [2.05, 4.69) is 0 Å². The fraction of sp³-hybridized carbons (Fsp3) is 0.143. The van der Waals surface area contributed by atoms with E-state index in [1.165, 1.54) is 72.8 Å². The van der Waals surface area contributed by atoms with E-state index in [9.17, 15) is 38.9 Å². The van der Waals surface area contributed by atoms with Crippen LogP contribution < -0.4 is 0 Å². The van der Waals surface area contributed by atoms with Gasteiger partial charge in [-0.05, 0) is 72.8 Å². The lowest BCUT2D eigenvalue weighted by atomic mass is 10.0. The molecule has 6 aromatic carbocycles. The van der Waals surface area contributed by atoms with E-state index in [1.807, 2.05) is 0 Å². The number of ether oxygens (including phenoxy) is 3. The molecule has 0 radical (unpaired) electrons. The third-order valence-electron chi connectivity index (χ3n) is 9.76. The van der Waals surface area contributed by atoms with Gasteiger partial charge in [0.05, 0.1) is 0 Å². The van der Waals surface area contributed by atoms with Crippen molar-refractivity contribution in [3.63, 3.8) is 0 Å². The number of carbonyl (C=O) groups is 6. The summed E-state index contributed by atoms with van der Waals surface area (Å²) in [5.41, 5.74) is -1.58. The number of imide groups is 3. The second kappa shape index (κ2) is 22.2. The molecular formula is C49H42N4O11. The molecule has 0 aliphatic carbocycles. The first-order valence-corrected chi connectivity index (χ1v) is 19.9. The van der Waals surface area contributed by atoms with E-state index < -0.39 is 85.9 Å². The molecule has 0 saturated carbocycles. The molecule has 0 unspecified atom stereocenters. The number of carbonyl (C=O) groups excluding carboxylic acids is 6. The van der Waals surface area contributed by atoms with E-state index in [1.54, 1.807) is 109 Å². The minimum absolute atomic E-state index is 0.139. The molecule has 0 aliphatic rings. The maximum absolute atomic E-state index is 13.8. The van der Waals surface area contributed by atoms with Gasteiger partial charge in [-0.15, -0.1) is 0 Å². The third kappa shape index (κ3) is 11.5. The average Bonchev–Trinajstić information content (AvgIpc) is 3.35. The zero-order valence-corrected chi connectivity index (χ0v) is 34.3. The first-order chi connectivity index (χ1) is 31.1. The molecule has 324 valence electrons. The van der Waals surface area contributed by atoms with Crippen molar-refractivity contribution < 1.29 is 47.9 Å². The molecule has 0 spiro atoms. The van der Waals surface area contributed by atoms with Crippen molar-refractivity contribution in [1.29, 1.82) is 0 Å². The number of hydrogen-bond acceptors (Lipinski definition) is 11. The Bertz CT molecular complexity index is 2110. The van der Waals surface area contributed by atoms with Crippen molar-refractivity contribution in [2.75, 3.05) is 40.0 Å². The molecule has 6 rings (SSSR count). The summed E-state index contributed by atoms with van der Waals surface area (Å²) in [6, 6.07) is 47.3. The molecule has 0 atom stereocenters. The first kappa shape index (κ1) is 45.5. The third-order valence-corrected chi connectivity index (χ3v) is 9.76. The summed E-state index contributed by atoms with van der Waals surface area (Å²) in [6.07, 6.45) is 0. The quantitative estimate of drug-likeness (QED) is 0.0359. The van der Waals surface area contributed by atoms with Gasteiger partial charge in [-0.1, -0.05) is 109 Å². The van der Waals surface area contributed by atoms with Gasteiger partial charge in [-0.2, -0.15) is 0 Å². The van der Waals surface area contributed by atoms with Crippen LogP contribution in [0.1, 0.15) is 62.1 Å². The number of amides is 6. The van der Waals surface area contributed by atoms with Gasteiger partial charge in [-0.3, -0.25) is 53.6 Å². The number of nitro groups is 1. The Kier molecular flexibility index (Phi) is 15.8. The topological polar surface area (TPSA) is 183 Å². The van der Waals surface area contributed by atoms with Gasteiger partial charge >= 0.3 is 0 Å². The standard InChI is InChI=1S/C49H42N4O11/c54-43(37-19-7-1-8-20-37)50(44(55)38-21-9-2-10-22-38)34-62-31-49(53(60)61,32-63-35-51(45(56)39-23-11-3-12-24-39)46(57)40-25-13-4-14-26-40)33-64-36-52(47(58)41-27-15-5-16-28-41)48(59)42-29-17-6-18-30-42/h1-30H,31-36H2. The molecule has 0 heterocycles. The van der Waals surface area contributed by atoms with Gasteiger partial charge in [0.25, 0.3) is 41.0 Å². The number of benzene rings is 6. The van der Waals surface area contributed by atoms with Crippen molar-refractivity contribution in [1.82, 2.24) is 14.7 Å². The Morgan fingerprint density at radius 3 is 0.688 bits per heavy atom. The number of rotatable bonds is 19. The van der Waals surface area contributed by atoms with Crippen LogP contribution in [0, 0.1) is 10.1 Å². The average molecular weight is 863 g/mol. The predicted molar refractivity (Wildman–Crippen MR) is 232 cm³/mol. The van der Waals surface area contributed by atoms with E-state index in [-0.39, 0.29) is 33.4 Å². The molecule has 0 saturated heterocycles. The van der Waals surface area contributed by atoms with Gasteiger partial charge in [0.1, 0.15) is 40.0 Å². The van der Waals surface area contributed by atoms with Crippen LogP contribution in [0.3, 0.4) is 0 Å². The largest absolute Gasteiger partial charge is 0.353 e. The zero-order chi connectivity index (χ0) is 45.3. The maximum atomic E-state index is 13.8. The molecular weight excluding hydrogens is 821 g/mol. The van der Waals surface area contributed by atoms with Crippen LogP contribution in [0.15, 0.2) is 182 Å². The highest BCUT2D eigenvalue weighted by atomic mass is 16.6. The lowest BCUT2D eigenvalue weighted by molar-refractivity contribution is -0.583. The van der Waals surface area contributed by atoms with Crippen molar-refractivity contribution in [2.24, 2.45) is 0 Å². The van der Waals surface area contributed by atoms with Crippen LogP contribution in [-0.2, 0) is 14.2 Å². The Labute approximate surface area is 368 Å². The lowest BCUT2D eigenvalue weighted by Gasteiger charge is -2.29. The van der Waals surface area contributed by atoms with Gasteiger partial charge in [-0.25, -0.2) is 0 Å². The fourth-order valence-corrected chi connectivity index (χ4v) is 6.31. The summed E-state index contributed by atoms with van der Waals surface area (Å²) in [6.45, 7) is -4.94. The highest BCUT2D eigenvalue weighted by Gasteiger charge is 2.46. The summed E-state index contributed by atoms with van der Waals surface area (Å²) in [7, 11) is 0. The minimum atomic E-state index is -2.41. The van der Waals surface area contributed by atoms with Gasteiger partial charge < -0.3 is 14.2 Å². The SMILES string of the molecule is O=C(c1ccccc1)N(COCC(COCN(C(=O)c1ccccc1)C(=O)c1ccccc1)(COCN(C(=O)c1ccccc1)C(=O)c1ccccc1)[N+](=O)[O-])C(=O)c1ccccc1. The zero-order valence-electron chi connectivity index (χ0n) is 34.3. The van der Waals surface area contributed by atoms with Gasteiger partial charge in [0.2, 0.25) is 0 Å². The lowest BCUT2D eigenvalue weighted by Crippen LogP contribution is -2.54. The predicted octanol–water partition coefficient (Wildman–Crippen LogP) is 6.87. The summed E-state index contributed by atoms with van der Waals surface area (Å²) in [5.74, 6) is -4.51.